The lowest BCUT2D eigenvalue weighted by molar-refractivity contribution is -0.119. The van der Waals surface area contributed by atoms with E-state index in [0.717, 1.165) is 15.7 Å². The molecular weight excluding hydrogens is 246 g/mol. The number of ether oxygens (including phenoxy) is 1. The number of halogens is 1. The molecule has 76 valence electrons. The summed E-state index contributed by atoms with van der Waals surface area (Å²) in [6, 6.07) is 5.73. The number of benzene rings is 1. The van der Waals surface area contributed by atoms with Crippen molar-refractivity contribution in [2.75, 3.05) is 19.0 Å². The van der Waals surface area contributed by atoms with Gasteiger partial charge in [-0.05, 0) is 24.6 Å². The average Bonchev–Trinajstić information content (AvgIpc) is 2.12. The third kappa shape index (κ3) is 3.12. The largest absolute Gasteiger partial charge is 0.375 e. The Balaban J connectivity index is 2.75. The van der Waals surface area contributed by atoms with Crippen LogP contribution >= 0.6 is 15.9 Å². The van der Waals surface area contributed by atoms with E-state index >= 15 is 0 Å². The fourth-order valence-corrected chi connectivity index (χ4v) is 1.41. The minimum Gasteiger partial charge on any atom is -0.375 e. The van der Waals surface area contributed by atoms with Crippen molar-refractivity contribution in [2.24, 2.45) is 0 Å². The first-order chi connectivity index (χ1) is 6.63. The van der Waals surface area contributed by atoms with Crippen molar-refractivity contribution in [3.8, 4) is 0 Å². The van der Waals surface area contributed by atoms with Crippen LogP contribution in [-0.2, 0) is 9.53 Å². The first kappa shape index (κ1) is 11.2. The monoisotopic (exact) mass is 257 g/mol. The molecule has 14 heavy (non-hydrogen) atoms. The minimum absolute atomic E-state index is 0.0754. The Morgan fingerprint density at radius 1 is 1.57 bits per heavy atom. The van der Waals surface area contributed by atoms with Crippen LogP contribution in [0.4, 0.5) is 5.69 Å². The molecule has 0 aromatic heterocycles. The summed E-state index contributed by atoms with van der Waals surface area (Å²) in [5.74, 6) is -0.145. The second kappa shape index (κ2) is 5.12. The SMILES string of the molecule is COCC(=O)Nc1cc(Br)ccc1C. The molecule has 4 heteroatoms. The maximum atomic E-state index is 11.2. The van der Waals surface area contributed by atoms with Gasteiger partial charge in [0.05, 0.1) is 0 Å². The Morgan fingerprint density at radius 3 is 2.93 bits per heavy atom. The van der Waals surface area contributed by atoms with Gasteiger partial charge in [-0.1, -0.05) is 22.0 Å². The van der Waals surface area contributed by atoms with E-state index in [4.69, 9.17) is 4.74 Å². The Bertz CT molecular complexity index is 339. The molecule has 0 heterocycles. The van der Waals surface area contributed by atoms with Crippen LogP contribution in [0.5, 0.6) is 0 Å². The molecule has 0 aliphatic heterocycles. The van der Waals surface area contributed by atoms with Crippen molar-refractivity contribution in [2.45, 2.75) is 6.92 Å². The highest BCUT2D eigenvalue weighted by Crippen LogP contribution is 2.20. The Hall–Kier alpha value is -0.870. The quantitative estimate of drug-likeness (QED) is 0.903. The molecule has 0 saturated heterocycles. The third-order valence-electron chi connectivity index (χ3n) is 1.75. The minimum atomic E-state index is -0.145. The van der Waals surface area contributed by atoms with Gasteiger partial charge in [-0.2, -0.15) is 0 Å². The van der Waals surface area contributed by atoms with E-state index in [-0.39, 0.29) is 12.5 Å². The van der Waals surface area contributed by atoms with Gasteiger partial charge >= 0.3 is 0 Å². The summed E-state index contributed by atoms with van der Waals surface area (Å²) in [6.07, 6.45) is 0. The molecule has 0 bridgehead atoms. The van der Waals surface area contributed by atoms with E-state index in [1.807, 2.05) is 25.1 Å². The molecule has 0 saturated carbocycles. The van der Waals surface area contributed by atoms with Crippen molar-refractivity contribution >= 4 is 27.5 Å². The molecule has 0 radical (unpaired) electrons. The maximum absolute atomic E-state index is 11.2. The molecule has 0 spiro atoms. The maximum Gasteiger partial charge on any atom is 0.250 e. The highest BCUT2D eigenvalue weighted by Gasteiger charge is 2.04. The number of rotatable bonds is 3. The van der Waals surface area contributed by atoms with Gasteiger partial charge in [0.1, 0.15) is 6.61 Å². The second-order valence-corrected chi connectivity index (χ2v) is 3.86. The number of amides is 1. The Labute approximate surface area is 91.6 Å². The topological polar surface area (TPSA) is 38.3 Å². The van der Waals surface area contributed by atoms with Crippen molar-refractivity contribution in [1.82, 2.24) is 0 Å². The van der Waals surface area contributed by atoms with Gasteiger partial charge in [0, 0.05) is 17.3 Å². The molecule has 1 rings (SSSR count). The smallest absolute Gasteiger partial charge is 0.250 e. The van der Waals surface area contributed by atoms with Crippen LogP contribution in [0.3, 0.4) is 0 Å². The third-order valence-corrected chi connectivity index (χ3v) is 2.24. The summed E-state index contributed by atoms with van der Waals surface area (Å²) in [6.45, 7) is 2.01. The molecule has 1 aromatic carbocycles. The van der Waals surface area contributed by atoms with Crippen LogP contribution in [0.1, 0.15) is 5.56 Å². The number of carbonyl (C=O) groups is 1. The van der Waals surface area contributed by atoms with Gasteiger partial charge in [0.25, 0.3) is 0 Å². The first-order valence-electron chi connectivity index (χ1n) is 4.18. The van der Waals surface area contributed by atoms with Gasteiger partial charge < -0.3 is 10.1 Å². The van der Waals surface area contributed by atoms with Crippen molar-refractivity contribution in [3.63, 3.8) is 0 Å². The standard InChI is InChI=1S/C10H12BrNO2/c1-7-3-4-8(11)5-9(7)12-10(13)6-14-2/h3-5H,6H2,1-2H3,(H,12,13). The second-order valence-electron chi connectivity index (χ2n) is 2.94. The lowest BCUT2D eigenvalue weighted by Crippen LogP contribution is -2.17. The molecular formula is C10H12BrNO2. The molecule has 0 aliphatic carbocycles. The van der Waals surface area contributed by atoms with Crippen molar-refractivity contribution in [3.05, 3.63) is 28.2 Å². The number of methoxy groups -OCH3 is 1. The summed E-state index contributed by atoms with van der Waals surface area (Å²) in [4.78, 5) is 11.2. The summed E-state index contributed by atoms with van der Waals surface area (Å²) in [5, 5.41) is 2.76. The predicted molar refractivity (Wildman–Crippen MR) is 59.4 cm³/mol. The number of carbonyl (C=O) groups excluding carboxylic acids is 1. The predicted octanol–water partition coefficient (Wildman–Crippen LogP) is 2.34. The molecule has 1 aromatic rings. The lowest BCUT2D eigenvalue weighted by atomic mass is 10.2. The van der Waals surface area contributed by atoms with Crippen LogP contribution in [0.2, 0.25) is 0 Å². The van der Waals surface area contributed by atoms with Gasteiger partial charge in [0.2, 0.25) is 5.91 Å². The Morgan fingerprint density at radius 2 is 2.29 bits per heavy atom. The van der Waals surface area contributed by atoms with E-state index in [1.165, 1.54) is 7.11 Å². The van der Waals surface area contributed by atoms with Crippen LogP contribution in [0, 0.1) is 6.92 Å². The fourth-order valence-electron chi connectivity index (χ4n) is 1.05. The van der Waals surface area contributed by atoms with Crippen LogP contribution < -0.4 is 5.32 Å². The first-order valence-corrected chi connectivity index (χ1v) is 4.97. The number of anilines is 1. The van der Waals surface area contributed by atoms with Gasteiger partial charge in [0.15, 0.2) is 0 Å². The molecule has 3 nitrogen and oxygen atoms in total. The number of hydrogen-bond acceptors (Lipinski definition) is 2. The van der Waals surface area contributed by atoms with Crippen molar-refractivity contribution < 1.29 is 9.53 Å². The van der Waals surface area contributed by atoms with E-state index in [9.17, 15) is 4.79 Å². The van der Waals surface area contributed by atoms with E-state index in [2.05, 4.69) is 21.2 Å². The van der Waals surface area contributed by atoms with Crippen LogP contribution in [-0.4, -0.2) is 19.6 Å². The molecule has 1 amide bonds. The summed E-state index contributed by atoms with van der Waals surface area (Å²) >= 11 is 3.34. The van der Waals surface area contributed by atoms with Gasteiger partial charge in [-0.3, -0.25) is 4.79 Å². The number of hydrogen-bond donors (Lipinski definition) is 1. The zero-order valence-corrected chi connectivity index (χ0v) is 9.72. The molecule has 0 atom stereocenters. The van der Waals surface area contributed by atoms with E-state index in [1.54, 1.807) is 0 Å². The van der Waals surface area contributed by atoms with Gasteiger partial charge in [-0.25, -0.2) is 0 Å². The highest BCUT2D eigenvalue weighted by atomic mass is 79.9. The molecule has 0 aliphatic rings. The van der Waals surface area contributed by atoms with Crippen LogP contribution in [0.25, 0.3) is 0 Å². The van der Waals surface area contributed by atoms with Crippen molar-refractivity contribution in [1.29, 1.82) is 0 Å². The van der Waals surface area contributed by atoms with E-state index < -0.39 is 0 Å². The number of aryl methyl sites for hydroxylation is 1. The molecule has 0 fully saturated rings. The Kier molecular flexibility index (Phi) is 4.10. The molecule has 1 N–H and O–H groups in total. The summed E-state index contributed by atoms with van der Waals surface area (Å²) < 4.78 is 5.66. The summed E-state index contributed by atoms with van der Waals surface area (Å²) in [5.41, 5.74) is 1.83. The average molecular weight is 258 g/mol. The number of nitrogens with one attached hydrogen (secondary N) is 1. The zero-order valence-electron chi connectivity index (χ0n) is 8.13. The lowest BCUT2D eigenvalue weighted by Gasteiger charge is -2.07. The van der Waals surface area contributed by atoms with Gasteiger partial charge in [-0.15, -0.1) is 0 Å². The fraction of sp³-hybridized carbons (Fsp3) is 0.300. The van der Waals surface area contributed by atoms with Crippen LogP contribution in [0.15, 0.2) is 22.7 Å². The molecule has 0 unspecified atom stereocenters. The highest BCUT2D eigenvalue weighted by molar-refractivity contribution is 9.10. The normalized spacial score (nSPS) is 9.93. The zero-order chi connectivity index (χ0) is 10.6. The van der Waals surface area contributed by atoms with E-state index in [0.29, 0.717) is 0 Å². The summed E-state index contributed by atoms with van der Waals surface area (Å²) in [7, 11) is 1.49.